The van der Waals surface area contributed by atoms with E-state index in [2.05, 4.69) is 173 Å². The fourth-order valence-corrected chi connectivity index (χ4v) is 8.27. The summed E-state index contributed by atoms with van der Waals surface area (Å²) in [6, 6.07) is 70.4. The zero-order valence-corrected chi connectivity index (χ0v) is 30.3. The second kappa shape index (κ2) is 13.0. The van der Waals surface area contributed by atoms with Crippen molar-refractivity contribution in [3.05, 3.63) is 200 Å². The van der Waals surface area contributed by atoms with Crippen LogP contribution in [0.3, 0.4) is 0 Å². The Hall–Kier alpha value is -7.63. The van der Waals surface area contributed by atoms with Gasteiger partial charge in [0.05, 0.1) is 27.8 Å². The number of rotatable bonds is 6. The van der Waals surface area contributed by atoms with E-state index in [4.69, 9.17) is 15.0 Å². The first-order valence-electron chi connectivity index (χ1n) is 18.9. The molecule has 0 unspecified atom stereocenters. The van der Waals surface area contributed by atoms with Crippen LogP contribution in [0, 0.1) is 0 Å². The van der Waals surface area contributed by atoms with Gasteiger partial charge in [0.1, 0.15) is 0 Å². The van der Waals surface area contributed by atoms with E-state index in [-0.39, 0.29) is 0 Å². The molecule has 3 aromatic heterocycles. The number of nitrogens with zero attached hydrogens (tertiary/aromatic N) is 5. The molecule has 56 heavy (non-hydrogen) atoms. The number of hydrogen-bond donors (Lipinski definition) is 0. The van der Waals surface area contributed by atoms with Crippen LogP contribution in [0.4, 0.5) is 0 Å². The molecule has 11 rings (SSSR count). The highest BCUT2D eigenvalue weighted by Gasteiger charge is 2.24. The summed E-state index contributed by atoms with van der Waals surface area (Å²) >= 11 is 0. The van der Waals surface area contributed by atoms with Crippen molar-refractivity contribution in [2.24, 2.45) is 0 Å². The van der Waals surface area contributed by atoms with Crippen molar-refractivity contribution >= 4 is 43.6 Å². The van der Waals surface area contributed by atoms with E-state index in [1.165, 1.54) is 16.5 Å². The lowest BCUT2D eigenvalue weighted by Crippen LogP contribution is -2.07. The monoisotopic (exact) mass is 715 g/mol. The Balaban J connectivity index is 1.26. The average Bonchev–Trinajstić information content (AvgIpc) is 3.80. The minimum absolute atomic E-state index is 0.567. The Morgan fingerprint density at radius 2 is 0.768 bits per heavy atom. The Morgan fingerprint density at radius 3 is 1.39 bits per heavy atom. The molecule has 0 saturated heterocycles. The molecule has 0 saturated carbocycles. The van der Waals surface area contributed by atoms with Gasteiger partial charge in [0.15, 0.2) is 11.6 Å². The second-order valence-electron chi connectivity index (χ2n) is 14.0. The summed E-state index contributed by atoms with van der Waals surface area (Å²) in [7, 11) is 0. The van der Waals surface area contributed by atoms with Gasteiger partial charge in [0.25, 0.3) is 0 Å². The molecule has 11 aromatic rings. The SMILES string of the molecule is c1ccc(-c2cccc(-c3ccccc3-n3c4ccccc4c4ccc5c6ccccc6n(-c6nc(-c7ccccc7)nc(-c7ccccc7)n6)c5c43)c2)cc1. The van der Waals surface area contributed by atoms with E-state index in [1.807, 2.05) is 36.4 Å². The van der Waals surface area contributed by atoms with Gasteiger partial charge in [-0.3, -0.25) is 4.57 Å². The summed E-state index contributed by atoms with van der Waals surface area (Å²) in [5.41, 5.74) is 11.9. The highest BCUT2D eigenvalue weighted by atomic mass is 15.2. The van der Waals surface area contributed by atoms with Crippen LogP contribution in [0.5, 0.6) is 0 Å². The molecule has 0 bridgehead atoms. The molecule has 0 radical (unpaired) electrons. The average molecular weight is 716 g/mol. The molecule has 0 aliphatic carbocycles. The van der Waals surface area contributed by atoms with Crippen molar-refractivity contribution in [3.63, 3.8) is 0 Å². The molecule has 8 aromatic carbocycles. The minimum Gasteiger partial charge on any atom is -0.307 e. The molecular weight excluding hydrogens is 683 g/mol. The molecular formula is C51H33N5. The van der Waals surface area contributed by atoms with Gasteiger partial charge in [-0.1, -0.05) is 176 Å². The van der Waals surface area contributed by atoms with Crippen LogP contribution in [0.2, 0.25) is 0 Å². The summed E-state index contributed by atoms with van der Waals surface area (Å²) in [5.74, 6) is 1.81. The number of aromatic nitrogens is 5. The number of para-hydroxylation sites is 3. The predicted molar refractivity (Wildman–Crippen MR) is 230 cm³/mol. The van der Waals surface area contributed by atoms with Crippen LogP contribution in [0.1, 0.15) is 0 Å². The van der Waals surface area contributed by atoms with Crippen molar-refractivity contribution in [2.75, 3.05) is 0 Å². The molecule has 0 spiro atoms. The highest BCUT2D eigenvalue weighted by molar-refractivity contribution is 6.24. The maximum Gasteiger partial charge on any atom is 0.238 e. The van der Waals surface area contributed by atoms with E-state index in [1.54, 1.807) is 0 Å². The molecule has 5 heteroatoms. The third-order valence-corrected chi connectivity index (χ3v) is 10.8. The van der Waals surface area contributed by atoms with Crippen LogP contribution in [-0.4, -0.2) is 24.1 Å². The normalized spacial score (nSPS) is 11.6. The fourth-order valence-electron chi connectivity index (χ4n) is 8.27. The maximum absolute atomic E-state index is 5.27. The minimum atomic E-state index is 0.567. The van der Waals surface area contributed by atoms with Crippen LogP contribution in [0.25, 0.3) is 100 Å². The molecule has 0 amide bonds. The molecule has 0 aliphatic heterocycles. The van der Waals surface area contributed by atoms with Gasteiger partial charge in [-0.15, -0.1) is 0 Å². The molecule has 5 nitrogen and oxygen atoms in total. The molecule has 0 atom stereocenters. The molecule has 3 heterocycles. The van der Waals surface area contributed by atoms with Gasteiger partial charge < -0.3 is 4.57 Å². The summed E-state index contributed by atoms with van der Waals surface area (Å²) < 4.78 is 4.70. The largest absolute Gasteiger partial charge is 0.307 e. The Bertz CT molecular complexity index is 3180. The predicted octanol–water partition coefficient (Wildman–Crippen LogP) is 12.7. The van der Waals surface area contributed by atoms with Crippen molar-refractivity contribution in [3.8, 4) is 56.7 Å². The van der Waals surface area contributed by atoms with E-state index >= 15 is 0 Å². The van der Waals surface area contributed by atoms with Crippen molar-refractivity contribution in [1.29, 1.82) is 0 Å². The third-order valence-electron chi connectivity index (χ3n) is 10.8. The van der Waals surface area contributed by atoms with Crippen LogP contribution in [0.15, 0.2) is 200 Å². The van der Waals surface area contributed by atoms with Crippen molar-refractivity contribution in [1.82, 2.24) is 24.1 Å². The third kappa shape index (κ3) is 5.13. The zero-order valence-electron chi connectivity index (χ0n) is 30.3. The Morgan fingerprint density at radius 1 is 0.304 bits per heavy atom. The quantitative estimate of drug-likeness (QED) is 0.172. The Kier molecular flexibility index (Phi) is 7.42. The lowest BCUT2D eigenvalue weighted by atomic mass is 9.98. The second-order valence-corrected chi connectivity index (χ2v) is 14.0. The van der Waals surface area contributed by atoms with Gasteiger partial charge in [-0.05, 0) is 41.0 Å². The van der Waals surface area contributed by atoms with Gasteiger partial charge in [0, 0.05) is 38.2 Å². The molecule has 262 valence electrons. The van der Waals surface area contributed by atoms with Crippen LogP contribution < -0.4 is 0 Å². The van der Waals surface area contributed by atoms with Gasteiger partial charge in [0.2, 0.25) is 5.95 Å². The van der Waals surface area contributed by atoms with E-state index in [0.717, 1.165) is 66.2 Å². The van der Waals surface area contributed by atoms with Crippen LogP contribution in [-0.2, 0) is 0 Å². The summed E-state index contributed by atoms with van der Waals surface area (Å²) in [6.07, 6.45) is 0. The lowest BCUT2D eigenvalue weighted by molar-refractivity contribution is 0.953. The first-order chi connectivity index (χ1) is 27.8. The maximum atomic E-state index is 5.27. The van der Waals surface area contributed by atoms with Gasteiger partial charge in [-0.2, -0.15) is 9.97 Å². The molecule has 0 aliphatic rings. The topological polar surface area (TPSA) is 48.5 Å². The van der Waals surface area contributed by atoms with E-state index < -0.39 is 0 Å². The smallest absolute Gasteiger partial charge is 0.238 e. The summed E-state index contributed by atoms with van der Waals surface area (Å²) in [6.45, 7) is 0. The van der Waals surface area contributed by atoms with E-state index in [0.29, 0.717) is 17.6 Å². The lowest BCUT2D eigenvalue weighted by Gasteiger charge is -2.16. The van der Waals surface area contributed by atoms with Crippen LogP contribution >= 0.6 is 0 Å². The first kappa shape index (κ1) is 31.9. The number of fused-ring (bicyclic) bond motifs is 7. The molecule has 0 fully saturated rings. The summed E-state index contributed by atoms with van der Waals surface area (Å²) in [4.78, 5) is 15.6. The van der Waals surface area contributed by atoms with Gasteiger partial charge in [-0.25, -0.2) is 4.98 Å². The molecule has 0 N–H and O–H groups in total. The Labute approximate surface area is 323 Å². The summed E-state index contributed by atoms with van der Waals surface area (Å²) in [5, 5.41) is 4.60. The fraction of sp³-hybridized carbons (Fsp3) is 0. The first-order valence-corrected chi connectivity index (χ1v) is 18.9. The standard InChI is InChI=1S/C51H33N5/c1-4-17-34(18-5-1)37-23-16-24-38(33-37)39-25-10-13-28-44(39)55-45-29-14-11-26-40(45)42-31-32-43-41-27-12-15-30-46(41)56(48(43)47(42)55)51-53-49(35-19-6-2-7-20-35)52-50(54-51)36-21-8-3-9-22-36/h1-33H. The number of benzene rings is 8. The van der Waals surface area contributed by atoms with Crippen molar-refractivity contribution < 1.29 is 0 Å². The van der Waals surface area contributed by atoms with Crippen molar-refractivity contribution in [2.45, 2.75) is 0 Å². The van der Waals surface area contributed by atoms with E-state index in [9.17, 15) is 0 Å². The zero-order chi connectivity index (χ0) is 37.0. The highest BCUT2D eigenvalue weighted by Crippen LogP contribution is 2.43. The van der Waals surface area contributed by atoms with Gasteiger partial charge >= 0.3 is 0 Å². The number of hydrogen-bond acceptors (Lipinski definition) is 3.